The molecule has 0 saturated carbocycles. The van der Waals surface area contributed by atoms with Gasteiger partial charge in [-0.2, -0.15) is 4.99 Å². The van der Waals surface area contributed by atoms with Crippen molar-refractivity contribution >= 4 is 50.0 Å². The van der Waals surface area contributed by atoms with Crippen LogP contribution in [0.15, 0.2) is 53.5 Å². The topological polar surface area (TPSA) is 76.0 Å². The number of sulfone groups is 1. The van der Waals surface area contributed by atoms with Crippen LogP contribution in [-0.4, -0.2) is 49.4 Å². The molecule has 0 aromatic heterocycles. The van der Waals surface area contributed by atoms with Crippen molar-refractivity contribution in [2.75, 3.05) is 23.5 Å². The second kappa shape index (κ2) is 8.01. The van der Waals surface area contributed by atoms with E-state index in [2.05, 4.69) is 4.99 Å². The standard InChI is InChI=1S/C20H19ClN2O4S2/c1-27-17-9-5-2-6-13(17)10-19(24)22-20-23(15-8-4-3-7-14(15)21)16-11-29(25,26)12-18(16)28-20/h2-9,16,18H,10-12H2,1H3/t16-,18-/m0/s1. The van der Waals surface area contributed by atoms with Crippen LogP contribution in [0.3, 0.4) is 0 Å². The molecule has 1 amide bonds. The lowest BCUT2D eigenvalue weighted by molar-refractivity contribution is -0.117. The molecule has 152 valence electrons. The minimum atomic E-state index is -3.13. The number of para-hydroxylation sites is 2. The predicted octanol–water partition coefficient (Wildman–Crippen LogP) is 3.19. The Hall–Kier alpha value is -2.03. The molecule has 0 radical (unpaired) electrons. The van der Waals surface area contributed by atoms with Crippen LogP contribution in [0.4, 0.5) is 5.69 Å². The number of fused-ring (bicyclic) bond motifs is 1. The molecule has 2 aliphatic heterocycles. The molecule has 0 bridgehead atoms. The summed E-state index contributed by atoms with van der Waals surface area (Å²) in [6.07, 6.45) is 0.0953. The van der Waals surface area contributed by atoms with Crippen LogP contribution in [0.25, 0.3) is 0 Å². The number of amides is 1. The van der Waals surface area contributed by atoms with Crippen molar-refractivity contribution in [3.8, 4) is 5.75 Å². The van der Waals surface area contributed by atoms with E-state index in [9.17, 15) is 13.2 Å². The van der Waals surface area contributed by atoms with Crippen molar-refractivity contribution in [3.63, 3.8) is 0 Å². The highest BCUT2D eigenvalue weighted by Crippen LogP contribution is 2.43. The fourth-order valence-electron chi connectivity index (χ4n) is 3.65. The van der Waals surface area contributed by atoms with Crippen molar-refractivity contribution in [1.29, 1.82) is 0 Å². The first kappa shape index (κ1) is 20.3. The van der Waals surface area contributed by atoms with Gasteiger partial charge in [-0.05, 0) is 18.2 Å². The van der Waals surface area contributed by atoms with Crippen LogP contribution in [-0.2, 0) is 21.1 Å². The van der Waals surface area contributed by atoms with Gasteiger partial charge in [-0.15, -0.1) is 0 Å². The molecule has 0 unspecified atom stereocenters. The third-order valence-corrected chi connectivity index (χ3v) is 8.46. The van der Waals surface area contributed by atoms with Crippen LogP contribution < -0.4 is 9.64 Å². The first-order valence-electron chi connectivity index (χ1n) is 9.02. The summed E-state index contributed by atoms with van der Waals surface area (Å²) in [5.41, 5.74) is 1.41. The molecule has 4 rings (SSSR count). The number of aliphatic imine (C=N–C) groups is 1. The van der Waals surface area contributed by atoms with E-state index in [-0.39, 0.29) is 35.1 Å². The number of halogens is 1. The number of nitrogens with zero attached hydrogens (tertiary/aromatic N) is 2. The summed E-state index contributed by atoms with van der Waals surface area (Å²) in [7, 11) is -1.57. The summed E-state index contributed by atoms with van der Waals surface area (Å²) in [6, 6.07) is 14.2. The lowest BCUT2D eigenvalue weighted by Crippen LogP contribution is -2.38. The minimum absolute atomic E-state index is 0.0234. The fourth-order valence-corrected chi connectivity index (χ4v) is 7.80. The molecule has 0 aliphatic carbocycles. The number of rotatable bonds is 4. The largest absolute Gasteiger partial charge is 0.496 e. The Kier molecular flexibility index (Phi) is 5.59. The third-order valence-electron chi connectivity index (χ3n) is 4.93. The summed E-state index contributed by atoms with van der Waals surface area (Å²) in [4.78, 5) is 18.9. The van der Waals surface area contributed by atoms with Crippen molar-refractivity contribution in [3.05, 3.63) is 59.1 Å². The lowest BCUT2D eigenvalue weighted by atomic mass is 10.1. The zero-order valence-electron chi connectivity index (χ0n) is 15.6. The molecular formula is C20H19ClN2O4S2. The number of carbonyl (C=O) groups is 1. The normalized spacial score (nSPS) is 23.9. The summed E-state index contributed by atoms with van der Waals surface area (Å²) < 4.78 is 29.6. The van der Waals surface area contributed by atoms with Crippen molar-refractivity contribution in [1.82, 2.24) is 0 Å². The Morgan fingerprint density at radius 3 is 2.69 bits per heavy atom. The fraction of sp³-hybridized carbons (Fsp3) is 0.300. The Bertz CT molecular complexity index is 1090. The van der Waals surface area contributed by atoms with Crippen LogP contribution in [0.5, 0.6) is 5.75 Å². The second-order valence-corrected chi connectivity index (χ2v) is 10.7. The average Bonchev–Trinajstić information content (AvgIpc) is 3.13. The van der Waals surface area contributed by atoms with E-state index in [4.69, 9.17) is 16.3 Å². The maximum absolute atomic E-state index is 12.7. The minimum Gasteiger partial charge on any atom is -0.496 e. The van der Waals surface area contributed by atoms with Gasteiger partial charge in [-0.3, -0.25) is 4.79 Å². The highest BCUT2D eigenvalue weighted by molar-refractivity contribution is 8.16. The number of carbonyl (C=O) groups excluding carboxylic acids is 1. The molecule has 2 heterocycles. The van der Waals surface area contributed by atoms with E-state index in [0.717, 1.165) is 5.56 Å². The quantitative estimate of drug-likeness (QED) is 0.712. The Morgan fingerprint density at radius 2 is 1.93 bits per heavy atom. The van der Waals surface area contributed by atoms with E-state index < -0.39 is 9.84 Å². The molecular weight excluding hydrogens is 432 g/mol. The number of anilines is 1. The van der Waals surface area contributed by atoms with E-state index >= 15 is 0 Å². The number of hydrogen-bond acceptors (Lipinski definition) is 5. The van der Waals surface area contributed by atoms with E-state index in [1.807, 2.05) is 41.3 Å². The van der Waals surface area contributed by atoms with Crippen LogP contribution in [0.1, 0.15) is 5.56 Å². The van der Waals surface area contributed by atoms with Gasteiger partial charge < -0.3 is 9.64 Å². The number of methoxy groups -OCH3 is 1. The molecule has 0 N–H and O–H groups in total. The van der Waals surface area contributed by atoms with Gasteiger partial charge in [0.2, 0.25) is 0 Å². The summed E-state index contributed by atoms with van der Waals surface area (Å²) >= 11 is 7.71. The smallest absolute Gasteiger partial charge is 0.252 e. The molecule has 6 nitrogen and oxygen atoms in total. The van der Waals surface area contributed by atoms with Gasteiger partial charge in [0.15, 0.2) is 15.0 Å². The second-order valence-electron chi connectivity index (χ2n) is 6.90. The summed E-state index contributed by atoms with van der Waals surface area (Å²) in [5.74, 6) is 0.404. The molecule has 2 aliphatic rings. The van der Waals surface area contributed by atoms with E-state index in [1.54, 1.807) is 19.2 Å². The van der Waals surface area contributed by atoms with Gasteiger partial charge in [0.1, 0.15) is 5.75 Å². The molecule has 2 atom stereocenters. The highest BCUT2D eigenvalue weighted by Gasteiger charge is 2.49. The van der Waals surface area contributed by atoms with Gasteiger partial charge in [-0.25, -0.2) is 8.42 Å². The monoisotopic (exact) mass is 450 g/mol. The Morgan fingerprint density at radius 1 is 1.21 bits per heavy atom. The molecule has 2 aromatic carbocycles. The number of ether oxygens (including phenoxy) is 1. The lowest BCUT2D eigenvalue weighted by Gasteiger charge is -2.25. The molecule has 2 saturated heterocycles. The number of thioether (sulfide) groups is 1. The van der Waals surface area contributed by atoms with Crippen LogP contribution >= 0.6 is 23.4 Å². The number of benzene rings is 2. The molecule has 2 fully saturated rings. The third kappa shape index (κ3) is 4.15. The van der Waals surface area contributed by atoms with Gasteiger partial charge in [0.05, 0.1) is 41.8 Å². The Labute approximate surface area is 178 Å². The summed E-state index contributed by atoms with van der Waals surface area (Å²) in [6.45, 7) is 0. The van der Waals surface area contributed by atoms with Crippen molar-refractivity contribution in [2.45, 2.75) is 17.7 Å². The maximum atomic E-state index is 12.7. The maximum Gasteiger partial charge on any atom is 0.252 e. The van der Waals surface area contributed by atoms with E-state index in [0.29, 0.717) is 21.6 Å². The number of hydrogen-bond donors (Lipinski definition) is 0. The van der Waals surface area contributed by atoms with Gasteiger partial charge in [0.25, 0.3) is 5.91 Å². The first-order chi connectivity index (χ1) is 13.9. The zero-order valence-corrected chi connectivity index (χ0v) is 18.0. The zero-order chi connectivity index (χ0) is 20.6. The van der Waals surface area contributed by atoms with Crippen LogP contribution in [0.2, 0.25) is 5.02 Å². The van der Waals surface area contributed by atoms with Crippen molar-refractivity contribution < 1.29 is 17.9 Å². The first-order valence-corrected chi connectivity index (χ1v) is 12.1. The molecule has 2 aromatic rings. The van der Waals surface area contributed by atoms with Gasteiger partial charge in [0, 0.05) is 10.8 Å². The van der Waals surface area contributed by atoms with Crippen molar-refractivity contribution in [2.24, 2.45) is 4.99 Å². The van der Waals surface area contributed by atoms with Gasteiger partial charge in [-0.1, -0.05) is 53.7 Å². The number of amidine groups is 1. The SMILES string of the molecule is COc1ccccc1CC(=O)N=C1S[C@H]2CS(=O)(=O)C[C@@H]2N1c1ccccc1Cl. The highest BCUT2D eigenvalue weighted by atomic mass is 35.5. The predicted molar refractivity (Wildman–Crippen MR) is 117 cm³/mol. The average molecular weight is 451 g/mol. The molecule has 0 spiro atoms. The molecule has 9 heteroatoms. The molecule has 29 heavy (non-hydrogen) atoms. The van der Waals surface area contributed by atoms with E-state index in [1.165, 1.54) is 11.8 Å². The Balaban J connectivity index is 1.66. The summed E-state index contributed by atoms with van der Waals surface area (Å²) in [5, 5.41) is 0.805. The van der Waals surface area contributed by atoms with Gasteiger partial charge >= 0.3 is 0 Å². The van der Waals surface area contributed by atoms with Crippen LogP contribution in [0, 0.1) is 0 Å².